The molecular weight excluding hydrogens is 341 g/mol. The van der Waals surface area contributed by atoms with Gasteiger partial charge in [0.2, 0.25) is 0 Å². The highest BCUT2D eigenvalue weighted by molar-refractivity contribution is 6.30. The van der Waals surface area contributed by atoms with Crippen LogP contribution in [0.2, 0.25) is 5.02 Å². The third-order valence-electron chi connectivity index (χ3n) is 3.56. The van der Waals surface area contributed by atoms with Crippen molar-refractivity contribution in [3.63, 3.8) is 0 Å². The Kier molecular flexibility index (Phi) is 6.42. The summed E-state index contributed by atoms with van der Waals surface area (Å²) in [6, 6.07) is 19.2. The Morgan fingerprint density at radius 1 is 0.917 bits per heavy atom. The van der Waals surface area contributed by atoms with E-state index < -0.39 is 0 Å². The molecule has 1 N–H and O–H groups in total. The zero-order chi connectivity index (χ0) is 16.1. The molecule has 2 nitrogen and oxygen atoms in total. The van der Waals surface area contributed by atoms with E-state index in [2.05, 4.69) is 10.6 Å². The lowest BCUT2D eigenvalue weighted by Gasteiger charge is -2.00. The van der Waals surface area contributed by atoms with Gasteiger partial charge in [-0.1, -0.05) is 54.1 Å². The van der Waals surface area contributed by atoms with Crippen molar-refractivity contribution in [2.75, 3.05) is 0 Å². The molecule has 0 saturated heterocycles. The van der Waals surface area contributed by atoms with Gasteiger partial charge in [0.05, 0.1) is 0 Å². The topological polar surface area (TPSA) is 24.1 Å². The summed E-state index contributed by atoms with van der Waals surface area (Å²) in [5.74, 6) is 0.288. The number of halogens is 2. The van der Waals surface area contributed by atoms with Crippen molar-refractivity contribution < 1.29 is 22.1 Å². The first-order chi connectivity index (χ1) is 11.2. The highest BCUT2D eigenvalue weighted by Crippen LogP contribution is 2.18. The van der Waals surface area contributed by atoms with Crippen molar-refractivity contribution in [2.45, 2.75) is 6.54 Å². The van der Waals surface area contributed by atoms with Crippen molar-refractivity contribution in [1.82, 2.24) is 0 Å². The van der Waals surface area contributed by atoms with Gasteiger partial charge in [0.25, 0.3) is 0 Å². The second kappa shape index (κ2) is 8.53. The number of nitrogens with zero attached hydrogens (tertiary/aromatic N) is 1. The van der Waals surface area contributed by atoms with Crippen LogP contribution in [-0.2, 0) is 6.54 Å². The first-order valence-corrected chi connectivity index (χ1v) is 7.78. The van der Waals surface area contributed by atoms with Crippen LogP contribution in [0, 0.1) is 0 Å². The number of phenols is 1. The van der Waals surface area contributed by atoms with Crippen molar-refractivity contribution in [3.8, 4) is 5.75 Å². The van der Waals surface area contributed by atoms with Crippen LogP contribution in [0.15, 0.2) is 73.1 Å². The van der Waals surface area contributed by atoms with Crippen LogP contribution in [0.25, 0.3) is 12.2 Å². The summed E-state index contributed by atoms with van der Waals surface area (Å²) in [5, 5.41) is 10.5. The van der Waals surface area contributed by atoms with E-state index in [1.807, 2.05) is 73.1 Å². The van der Waals surface area contributed by atoms with E-state index in [9.17, 15) is 5.11 Å². The number of para-hydroxylation sites is 1. The fraction of sp³-hybridized carbons (Fsp3) is 0.0500. The molecule has 0 aliphatic heterocycles. The lowest BCUT2D eigenvalue weighted by molar-refractivity contribution is -0.688. The average Bonchev–Trinajstić information content (AvgIpc) is 2.56. The number of pyridine rings is 1. The van der Waals surface area contributed by atoms with Crippen LogP contribution in [0.5, 0.6) is 5.75 Å². The highest BCUT2D eigenvalue weighted by Gasteiger charge is 2.03. The largest absolute Gasteiger partial charge is 1.00 e. The second-order valence-electron chi connectivity index (χ2n) is 5.33. The molecule has 122 valence electrons. The number of hydrogen-bond acceptors (Lipinski definition) is 1. The maximum atomic E-state index is 9.75. The molecule has 0 radical (unpaired) electrons. The van der Waals surface area contributed by atoms with Gasteiger partial charge in [-0.2, -0.15) is 0 Å². The lowest BCUT2D eigenvalue weighted by atomic mass is 10.1. The first-order valence-electron chi connectivity index (χ1n) is 7.40. The molecule has 3 aromatic rings. The van der Waals surface area contributed by atoms with E-state index in [-0.39, 0.29) is 18.2 Å². The molecule has 0 saturated carbocycles. The second-order valence-corrected chi connectivity index (χ2v) is 5.76. The number of rotatable bonds is 4. The quantitative estimate of drug-likeness (QED) is 0.704. The standard InChI is InChI=1S/C20H16ClNO.ClH/c21-19-6-3-4-17(14-19)15-22-12-10-16(11-13-22)8-9-18-5-1-2-7-20(18)23;/h1-14H,15H2;1H. The molecular formula is C20H17Cl2NO. The van der Waals surface area contributed by atoms with Gasteiger partial charge in [0.1, 0.15) is 5.75 Å². The molecule has 0 aliphatic rings. The SMILES string of the molecule is Oc1ccccc1/C=C/c1cc[n+](Cc2cccc(Cl)c2)cc1.[Cl-]. The van der Waals surface area contributed by atoms with E-state index in [1.165, 1.54) is 5.56 Å². The molecule has 1 heterocycles. The predicted octanol–water partition coefficient (Wildman–Crippen LogP) is 1.56. The fourth-order valence-corrected chi connectivity index (χ4v) is 2.56. The number of aromatic nitrogens is 1. The minimum Gasteiger partial charge on any atom is -1.00 e. The smallest absolute Gasteiger partial charge is 0.173 e. The Morgan fingerprint density at radius 2 is 1.67 bits per heavy atom. The Bertz CT molecular complexity index is 829. The molecule has 24 heavy (non-hydrogen) atoms. The predicted molar refractivity (Wildman–Crippen MR) is 94.2 cm³/mol. The van der Waals surface area contributed by atoms with Gasteiger partial charge >= 0.3 is 0 Å². The fourth-order valence-electron chi connectivity index (χ4n) is 2.35. The van der Waals surface area contributed by atoms with Gasteiger partial charge in [-0.25, -0.2) is 4.57 Å². The van der Waals surface area contributed by atoms with Crippen LogP contribution in [0.4, 0.5) is 0 Å². The monoisotopic (exact) mass is 357 g/mol. The molecule has 0 aliphatic carbocycles. The number of phenolic OH excluding ortho intramolecular Hbond substituents is 1. The molecule has 4 heteroatoms. The summed E-state index contributed by atoms with van der Waals surface area (Å²) in [4.78, 5) is 0. The zero-order valence-electron chi connectivity index (χ0n) is 12.9. The van der Waals surface area contributed by atoms with E-state index in [1.54, 1.807) is 6.07 Å². The highest BCUT2D eigenvalue weighted by atomic mass is 35.5. The van der Waals surface area contributed by atoms with E-state index in [4.69, 9.17) is 11.6 Å². The Labute approximate surface area is 153 Å². The number of hydrogen-bond donors (Lipinski definition) is 1. The van der Waals surface area contributed by atoms with E-state index in [0.717, 1.165) is 22.7 Å². The maximum Gasteiger partial charge on any atom is 0.173 e. The van der Waals surface area contributed by atoms with Crippen LogP contribution in [0.1, 0.15) is 16.7 Å². The molecule has 0 unspecified atom stereocenters. The summed E-state index contributed by atoms with van der Waals surface area (Å²) in [5.41, 5.74) is 3.05. The Hall–Kier alpha value is -2.29. The normalized spacial score (nSPS) is 10.5. The summed E-state index contributed by atoms with van der Waals surface area (Å²) in [7, 11) is 0. The molecule has 1 aromatic heterocycles. The molecule has 3 rings (SSSR count). The van der Waals surface area contributed by atoms with Gasteiger partial charge in [0.15, 0.2) is 18.9 Å². The van der Waals surface area contributed by atoms with E-state index in [0.29, 0.717) is 0 Å². The van der Waals surface area contributed by atoms with Gasteiger partial charge in [0, 0.05) is 28.3 Å². The average molecular weight is 358 g/mol. The van der Waals surface area contributed by atoms with Crippen LogP contribution in [-0.4, -0.2) is 5.11 Å². The number of aromatic hydroxyl groups is 1. The third-order valence-corrected chi connectivity index (χ3v) is 3.80. The first kappa shape index (κ1) is 18.1. The Morgan fingerprint density at radius 3 is 2.38 bits per heavy atom. The molecule has 0 bridgehead atoms. The maximum absolute atomic E-state index is 9.75. The van der Waals surface area contributed by atoms with Crippen molar-refractivity contribution in [1.29, 1.82) is 0 Å². The van der Waals surface area contributed by atoms with Gasteiger partial charge in [-0.05, 0) is 23.8 Å². The Balaban J connectivity index is 0.00000208. The summed E-state index contributed by atoms with van der Waals surface area (Å²) >= 11 is 6.01. The van der Waals surface area contributed by atoms with Gasteiger partial charge in [-0.3, -0.25) is 0 Å². The summed E-state index contributed by atoms with van der Waals surface area (Å²) in [6.07, 6.45) is 7.96. The molecule has 0 atom stereocenters. The van der Waals surface area contributed by atoms with Crippen LogP contribution in [0.3, 0.4) is 0 Å². The third kappa shape index (κ3) is 4.85. The van der Waals surface area contributed by atoms with Crippen molar-refractivity contribution in [3.05, 3.63) is 94.8 Å². The minimum atomic E-state index is 0. The molecule has 0 fully saturated rings. The molecule has 0 amide bonds. The summed E-state index contributed by atoms with van der Waals surface area (Å²) < 4.78 is 2.10. The molecule has 0 spiro atoms. The van der Waals surface area contributed by atoms with Gasteiger partial charge in [-0.15, -0.1) is 0 Å². The van der Waals surface area contributed by atoms with Crippen molar-refractivity contribution in [2.24, 2.45) is 0 Å². The van der Waals surface area contributed by atoms with Crippen LogP contribution >= 0.6 is 11.6 Å². The van der Waals surface area contributed by atoms with Gasteiger partial charge < -0.3 is 17.5 Å². The minimum absolute atomic E-state index is 0. The zero-order valence-corrected chi connectivity index (χ0v) is 14.5. The lowest BCUT2D eigenvalue weighted by Crippen LogP contribution is -3.00. The van der Waals surface area contributed by atoms with E-state index >= 15 is 0 Å². The molecule has 2 aromatic carbocycles. The van der Waals surface area contributed by atoms with Crippen molar-refractivity contribution >= 4 is 23.8 Å². The summed E-state index contributed by atoms with van der Waals surface area (Å²) in [6.45, 7) is 0.782. The van der Waals surface area contributed by atoms with Crippen LogP contribution < -0.4 is 17.0 Å². The number of benzene rings is 2.